The molecule has 5 nitrogen and oxygen atoms in total. The molecule has 0 aromatic carbocycles. The first kappa shape index (κ1) is 12.5. The van der Waals surface area contributed by atoms with E-state index in [2.05, 4.69) is 4.72 Å². The molecule has 0 saturated heterocycles. The summed E-state index contributed by atoms with van der Waals surface area (Å²) in [5.74, 6) is -1.10. The van der Waals surface area contributed by atoms with Crippen LogP contribution in [0.1, 0.15) is 24.1 Å². The highest BCUT2D eigenvalue weighted by Gasteiger charge is 2.47. The lowest BCUT2D eigenvalue weighted by Gasteiger charge is -2.37. The van der Waals surface area contributed by atoms with Crippen LogP contribution in [0.25, 0.3) is 0 Å². The molecular formula is C10H13NO4S2. The fraction of sp³-hybridized carbons (Fsp3) is 0.500. The fourth-order valence-electron chi connectivity index (χ4n) is 1.75. The van der Waals surface area contributed by atoms with Crippen LogP contribution in [-0.2, 0) is 14.8 Å². The number of sulfonamides is 1. The molecule has 94 valence electrons. The molecule has 7 heteroatoms. The lowest BCUT2D eigenvalue weighted by Crippen LogP contribution is -2.58. The highest BCUT2D eigenvalue weighted by atomic mass is 32.2. The van der Waals surface area contributed by atoms with E-state index >= 15 is 0 Å². The van der Waals surface area contributed by atoms with E-state index in [4.69, 9.17) is 5.11 Å². The third-order valence-electron chi connectivity index (χ3n) is 2.93. The topological polar surface area (TPSA) is 83.5 Å². The Hall–Kier alpha value is -0.920. The minimum absolute atomic E-state index is 0.169. The second kappa shape index (κ2) is 4.08. The second-order valence-electron chi connectivity index (χ2n) is 4.21. The van der Waals surface area contributed by atoms with E-state index in [1.807, 2.05) is 0 Å². The number of carboxylic acid groups (broad SMARTS) is 1. The number of carbonyl (C=O) groups is 1. The molecule has 2 rings (SSSR count). The Balaban J connectivity index is 2.26. The van der Waals surface area contributed by atoms with Crippen LogP contribution in [0.3, 0.4) is 0 Å². The molecule has 1 aliphatic carbocycles. The zero-order valence-electron chi connectivity index (χ0n) is 9.26. The van der Waals surface area contributed by atoms with Gasteiger partial charge in [0.15, 0.2) is 0 Å². The molecular weight excluding hydrogens is 262 g/mol. The zero-order valence-corrected chi connectivity index (χ0v) is 10.9. The van der Waals surface area contributed by atoms with Gasteiger partial charge in [-0.2, -0.15) is 4.72 Å². The molecule has 1 saturated carbocycles. The average molecular weight is 275 g/mol. The number of rotatable bonds is 4. The van der Waals surface area contributed by atoms with Crippen molar-refractivity contribution in [3.8, 4) is 0 Å². The molecule has 0 spiro atoms. The number of thiophene rings is 1. The van der Waals surface area contributed by atoms with E-state index in [1.54, 1.807) is 13.0 Å². The Morgan fingerprint density at radius 2 is 2.12 bits per heavy atom. The van der Waals surface area contributed by atoms with Crippen LogP contribution in [-0.4, -0.2) is 25.0 Å². The Labute approximate surface area is 104 Å². The smallest absolute Gasteiger partial charge is 0.324 e. The summed E-state index contributed by atoms with van der Waals surface area (Å²) in [5, 5.41) is 9.08. The van der Waals surface area contributed by atoms with E-state index < -0.39 is 21.5 Å². The SMILES string of the molecule is Cc1ccc(S(=O)(=O)NC2(C(=O)O)CCC2)s1. The molecule has 1 aromatic heterocycles. The first-order valence-electron chi connectivity index (χ1n) is 5.20. The minimum Gasteiger partial charge on any atom is -0.480 e. The van der Waals surface area contributed by atoms with Gasteiger partial charge >= 0.3 is 5.97 Å². The van der Waals surface area contributed by atoms with Crippen molar-refractivity contribution in [1.82, 2.24) is 4.72 Å². The third kappa shape index (κ3) is 2.22. The van der Waals surface area contributed by atoms with Gasteiger partial charge in [0.05, 0.1) is 0 Å². The summed E-state index contributed by atoms with van der Waals surface area (Å²) in [4.78, 5) is 12.0. The molecule has 0 bridgehead atoms. The van der Waals surface area contributed by atoms with Crippen molar-refractivity contribution in [2.45, 2.75) is 35.9 Å². The van der Waals surface area contributed by atoms with Crippen LogP contribution in [0.4, 0.5) is 0 Å². The van der Waals surface area contributed by atoms with E-state index in [1.165, 1.54) is 6.07 Å². The molecule has 0 unspecified atom stereocenters. The molecule has 1 aliphatic rings. The van der Waals surface area contributed by atoms with Gasteiger partial charge in [0.1, 0.15) is 9.75 Å². The van der Waals surface area contributed by atoms with Crippen molar-refractivity contribution < 1.29 is 18.3 Å². The summed E-state index contributed by atoms with van der Waals surface area (Å²) in [5.41, 5.74) is -1.29. The van der Waals surface area contributed by atoms with Gasteiger partial charge < -0.3 is 5.11 Å². The lowest BCUT2D eigenvalue weighted by atomic mass is 9.78. The van der Waals surface area contributed by atoms with Crippen molar-refractivity contribution in [2.75, 3.05) is 0 Å². The van der Waals surface area contributed by atoms with Crippen LogP contribution in [0.5, 0.6) is 0 Å². The quantitative estimate of drug-likeness (QED) is 0.868. The van der Waals surface area contributed by atoms with Crippen molar-refractivity contribution in [3.05, 3.63) is 17.0 Å². The molecule has 1 fully saturated rings. The van der Waals surface area contributed by atoms with Gasteiger partial charge in [0.2, 0.25) is 0 Å². The van der Waals surface area contributed by atoms with E-state index in [-0.39, 0.29) is 4.21 Å². The highest BCUT2D eigenvalue weighted by Crippen LogP contribution is 2.34. The van der Waals surface area contributed by atoms with Crippen LogP contribution in [0.15, 0.2) is 16.3 Å². The van der Waals surface area contributed by atoms with Gasteiger partial charge in [-0.1, -0.05) is 0 Å². The predicted octanol–water partition coefficient (Wildman–Crippen LogP) is 1.34. The van der Waals surface area contributed by atoms with Crippen LogP contribution in [0, 0.1) is 6.92 Å². The monoisotopic (exact) mass is 275 g/mol. The number of aryl methyl sites for hydroxylation is 1. The van der Waals surface area contributed by atoms with Gasteiger partial charge in [0, 0.05) is 4.88 Å². The summed E-state index contributed by atoms with van der Waals surface area (Å²) in [6, 6.07) is 3.20. The number of hydrogen-bond donors (Lipinski definition) is 2. The first-order valence-corrected chi connectivity index (χ1v) is 7.50. The second-order valence-corrected chi connectivity index (χ2v) is 7.41. The summed E-state index contributed by atoms with van der Waals surface area (Å²) in [6.45, 7) is 1.81. The number of hydrogen-bond acceptors (Lipinski definition) is 4. The normalized spacial score (nSPS) is 18.6. The van der Waals surface area contributed by atoms with Gasteiger partial charge in [-0.25, -0.2) is 8.42 Å². The maximum Gasteiger partial charge on any atom is 0.324 e. The van der Waals surface area contributed by atoms with Crippen LogP contribution in [0.2, 0.25) is 0 Å². The predicted molar refractivity (Wildman–Crippen MR) is 63.6 cm³/mol. The van der Waals surface area contributed by atoms with Crippen molar-refractivity contribution >= 4 is 27.3 Å². The Morgan fingerprint density at radius 3 is 2.47 bits per heavy atom. The van der Waals surface area contributed by atoms with Crippen molar-refractivity contribution in [2.24, 2.45) is 0 Å². The Morgan fingerprint density at radius 1 is 1.47 bits per heavy atom. The van der Waals surface area contributed by atoms with Gasteiger partial charge in [-0.05, 0) is 38.3 Å². The van der Waals surface area contributed by atoms with E-state index in [0.717, 1.165) is 22.6 Å². The standard InChI is InChI=1S/C10H13NO4S2/c1-7-3-4-8(16-7)17(14,15)11-10(9(12)13)5-2-6-10/h3-4,11H,2,5-6H2,1H3,(H,12,13). The zero-order chi connectivity index (χ0) is 12.7. The molecule has 1 aromatic rings. The number of nitrogens with one attached hydrogen (secondary N) is 1. The largest absolute Gasteiger partial charge is 0.480 e. The van der Waals surface area contributed by atoms with E-state index in [0.29, 0.717) is 12.8 Å². The molecule has 0 atom stereocenters. The molecule has 0 radical (unpaired) electrons. The highest BCUT2D eigenvalue weighted by molar-refractivity contribution is 7.91. The summed E-state index contributed by atoms with van der Waals surface area (Å²) in [6.07, 6.45) is 1.44. The molecule has 2 N–H and O–H groups in total. The lowest BCUT2D eigenvalue weighted by molar-refractivity contribution is -0.147. The summed E-state index contributed by atoms with van der Waals surface area (Å²) >= 11 is 1.14. The maximum atomic E-state index is 12.0. The van der Waals surface area contributed by atoms with Crippen LogP contribution < -0.4 is 4.72 Å². The maximum absolute atomic E-state index is 12.0. The minimum atomic E-state index is -3.72. The van der Waals surface area contributed by atoms with Gasteiger partial charge in [-0.15, -0.1) is 11.3 Å². The van der Waals surface area contributed by atoms with Gasteiger partial charge in [-0.3, -0.25) is 4.79 Å². The van der Waals surface area contributed by atoms with Gasteiger partial charge in [0.25, 0.3) is 10.0 Å². The summed E-state index contributed by atoms with van der Waals surface area (Å²) < 4.78 is 26.5. The molecule has 0 aliphatic heterocycles. The third-order valence-corrected chi connectivity index (χ3v) is 5.96. The van der Waals surface area contributed by atoms with Crippen molar-refractivity contribution in [1.29, 1.82) is 0 Å². The van der Waals surface area contributed by atoms with Crippen LogP contribution >= 0.6 is 11.3 Å². The molecule has 0 amide bonds. The average Bonchev–Trinajstić information content (AvgIpc) is 2.58. The number of carboxylic acids is 1. The summed E-state index contributed by atoms with van der Waals surface area (Å²) in [7, 11) is -3.72. The molecule has 17 heavy (non-hydrogen) atoms. The Bertz CT molecular complexity index is 542. The Kier molecular flexibility index (Phi) is 3.01. The molecule has 1 heterocycles. The van der Waals surface area contributed by atoms with Crippen molar-refractivity contribution in [3.63, 3.8) is 0 Å². The first-order chi connectivity index (χ1) is 7.86. The number of aliphatic carboxylic acids is 1. The fourth-order valence-corrected chi connectivity index (χ4v) is 4.46. The van der Waals surface area contributed by atoms with E-state index in [9.17, 15) is 13.2 Å².